The molecule has 2 saturated heterocycles. The third-order valence-electron chi connectivity index (χ3n) is 4.33. The Balaban J connectivity index is 1.80. The molecule has 0 spiro atoms. The molecule has 0 aromatic carbocycles. The lowest BCUT2D eigenvalue weighted by Gasteiger charge is -2.43. The van der Waals surface area contributed by atoms with Gasteiger partial charge in [0.25, 0.3) is 0 Å². The van der Waals surface area contributed by atoms with E-state index in [1.165, 1.54) is 12.8 Å². The fraction of sp³-hybridized carbons (Fsp3) is 1.00. The molecule has 2 aliphatic heterocycles. The Bertz CT molecular complexity index is 397. The van der Waals surface area contributed by atoms with E-state index in [0.717, 1.165) is 26.1 Å². The lowest BCUT2D eigenvalue weighted by atomic mass is 10.0. The maximum atomic E-state index is 12.4. The van der Waals surface area contributed by atoms with Gasteiger partial charge in [-0.15, -0.1) is 0 Å². The quantitative estimate of drug-likeness (QED) is 0.740. The lowest BCUT2D eigenvalue weighted by Crippen LogP contribution is -2.56. The van der Waals surface area contributed by atoms with E-state index in [1.807, 2.05) is 0 Å². The molecule has 2 heterocycles. The predicted octanol–water partition coefficient (Wildman–Crippen LogP) is 0.874. The van der Waals surface area contributed by atoms with Crippen LogP contribution in [0.15, 0.2) is 0 Å². The number of sulfonamides is 1. The Kier molecular flexibility index (Phi) is 5.84. The molecule has 0 saturated carbocycles. The average molecular weight is 303 g/mol. The van der Waals surface area contributed by atoms with Gasteiger partial charge in [0, 0.05) is 31.7 Å². The van der Waals surface area contributed by atoms with Gasteiger partial charge in [-0.3, -0.25) is 4.90 Å². The SMILES string of the molecule is CC(C)NCCCS(=O)(=O)N1CCN2CCCCC2C1. The van der Waals surface area contributed by atoms with Crippen molar-refractivity contribution in [3.05, 3.63) is 0 Å². The van der Waals surface area contributed by atoms with Crippen LogP contribution in [0.2, 0.25) is 0 Å². The van der Waals surface area contributed by atoms with E-state index in [-0.39, 0.29) is 5.75 Å². The maximum Gasteiger partial charge on any atom is 0.214 e. The summed E-state index contributed by atoms with van der Waals surface area (Å²) in [4.78, 5) is 2.47. The van der Waals surface area contributed by atoms with Crippen LogP contribution >= 0.6 is 0 Å². The normalized spacial score (nSPS) is 25.9. The van der Waals surface area contributed by atoms with Crippen molar-refractivity contribution in [3.63, 3.8) is 0 Å². The van der Waals surface area contributed by atoms with Crippen molar-refractivity contribution >= 4 is 10.0 Å². The minimum Gasteiger partial charge on any atom is -0.314 e. The molecule has 0 aliphatic carbocycles. The zero-order valence-corrected chi connectivity index (χ0v) is 13.7. The van der Waals surface area contributed by atoms with Gasteiger partial charge >= 0.3 is 0 Å². The molecule has 1 unspecified atom stereocenters. The van der Waals surface area contributed by atoms with Gasteiger partial charge in [-0.25, -0.2) is 8.42 Å². The summed E-state index contributed by atoms with van der Waals surface area (Å²) in [6, 6.07) is 0.879. The number of hydrogen-bond acceptors (Lipinski definition) is 4. The summed E-state index contributed by atoms with van der Waals surface area (Å²) in [5.41, 5.74) is 0. The van der Waals surface area contributed by atoms with Crippen molar-refractivity contribution in [2.75, 3.05) is 38.5 Å². The minimum absolute atomic E-state index is 0.277. The number of piperidine rings is 1. The summed E-state index contributed by atoms with van der Waals surface area (Å²) in [6.07, 6.45) is 4.36. The molecule has 0 aromatic rings. The van der Waals surface area contributed by atoms with Gasteiger partial charge in [-0.2, -0.15) is 4.31 Å². The molecule has 2 aliphatic rings. The largest absolute Gasteiger partial charge is 0.314 e. The number of fused-ring (bicyclic) bond motifs is 1. The minimum atomic E-state index is -3.07. The second kappa shape index (κ2) is 7.20. The highest BCUT2D eigenvalue weighted by Crippen LogP contribution is 2.22. The Labute approximate surface area is 123 Å². The highest BCUT2D eigenvalue weighted by atomic mass is 32.2. The molecular formula is C14H29N3O2S. The second-order valence-corrected chi connectivity index (χ2v) is 8.41. The van der Waals surface area contributed by atoms with Gasteiger partial charge in [0.1, 0.15) is 0 Å². The van der Waals surface area contributed by atoms with E-state index < -0.39 is 10.0 Å². The molecule has 1 N–H and O–H groups in total. The van der Waals surface area contributed by atoms with E-state index in [4.69, 9.17) is 0 Å². The summed E-state index contributed by atoms with van der Waals surface area (Å²) in [6.45, 7) is 8.38. The van der Waals surface area contributed by atoms with Gasteiger partial charge in [0.05, 0.1) is 5.75 Å². The average Bonchev–Trinajstić information content (AvgIpc) is 2.43. The monoisotopic (exact) mass is 303 g/mol. The first-order valence-electron chi connectivity index (χ1n) is 7.94. The molecule has 118 valence electrons. The van der Waals surface area contributed by atoms with E-state index in [2.05, 4.69) is 24.1 Å². The van der Waals surface area contributed by atoms with Crippen LogP contribution in [0.3, 0.4) is 0 Å². The number of piperazine rings is 1. The molecule has 2 fully saturated rings. The van der Waals surface area contributed by atoms with Crippen molar-refractivity contribution in [3.8, 4) is 0 Å². The van der Waals surface area contributed by atoms with Gasteiger partial charge in [-0.1, -0.05) is 20.3 Å². The van der Waals surface area contributed by atoms with Crippen LogP contribution in [0.1, 0.15) is 39.5 Å². The maximum absolute atomic E-state index is 12.4. The number of nitrogens with one attached hydrogen (secondary N) is 1. The zero-order chi connectivity index (χ0) is 14.6. The van der Waals surface area contributed by atoms with Crippen molar-refractivity contribution in [1.29, 1.82) is 0 Å². The van der Waals surface area contributed by atoms with E-state index in [0.29, 0.717) is 31.6 Å². The Morgan fingerprint density at radius 1 is 1.20 bits per heavy atom. The van der Waals surface area contributed by atoms with E-state index in [1.54, 1.807) is 4.31 Å². The predicted molar refractivity (Wildman–Crippen MR) is 82.3 cm³/mol. The van der Waals surface area contributed by atoms with Gasteiger partial charge in [0.2, 0.25) is 10.0 Å². The van der Waals surface area contributed by atoms with Crippen LogP contribution in [0.5, 0.6) is 0 Å². The fourth-order valence-electron chi connectivity index (χ4n) is 3.15. The van der Waals surface area contributed by atoms with Crippen molar-refractivity contribution < 1.29 is 8.42 Å². The Morgan fingerprint density at radius 3 is 2.75 bits per heavy atom. The molecule has 1 atom stereocenters. The van der Waals surface area contributed by atoms with Crippen LogP contribution in [0.25, 0.3) is 0 Å². The van der Waals surface area contributed by atoms with Gasteiger partial charge < -0.3 is 5.32 Å². The third kappa shape index (κ3) is 4.41. The zero-order valence-electron chi connectivity index (χ0n) is 12.8. The first-order chi connectivity index (χ1) is 9.49. The van der Waals surface area contributed by atoms with E-state index >= 15 is 0 Å². The first kappa shape index (κ1) is 16.2. The fourth-order valence-corrected chi connectivity index (χ4v) is 4.68. The highest BCUT2D eigenvalue weighted by Gasteiger charge is 2.33. The standard InChI is InChI=1S/C14H29N3O2S/c1-13(2)15-7-5-11-20(18,19)17-10-9-16-8-4-3-6-14(16)12-17/h13-15H,3-12H2,1-2H3. The Hall–Kier alpha value is -0.170. The summed E-state index contributed by atoms with van der Waals surface area (Å²) in [5, 5.41) is 3.28. The summed E-state index contributed by atoms with van der Waals surface area (Å²) >= 11 is 0. The highest BCUT2D eigenvalue weighted by molar-refractivity contribution is 7.89. The second-order valence-electron chi connectivity index (χ2n) is 6.32. The van der Waals surface area contributed by atoms with E-state index in [9.17, 15) is 8.42 Å². The topological polar surface area (TPSA) is 52.7 Å². The molecule has 20 heavy (non-hydrogen) atoms. The molecule has 0 amide bonds. The lowest BCUT2D eigenvalue weighted by molar-refractivity contribution is 0.0852. The molecule has 2 rings (SSSR count). The third-order valence-corrected chi connectivity index (χ3v) is 6.25. The van der Waals surface area contributed by atoms with Crippen LogP contribution in [-0.4, -0.2) is 68.2 Å². The van der Waals surface area contributed by atoms with Crippen LogP contribution in [-0.2, 0) is 10.0 Å². The smallest absolute Gasteiger partial charge is 0.214 e. The van der Waals surface area contributed by atoms with Crippen molar-refractivity contribution in [1.82, 2.24) is 14.5 Å². The number of rotatable bonds is 6. The van der Waals surface area contributed by atoms with Crippen LogP contribution in [0.4, 0.5) is 0 Å². The molecule has 0 bridgehead atoms. The number of hydrogen-bond donors (Lipinski definition) is 1. The number of nitrogens with zero attached hydrogens (tertiary/aromatic N) is 2. The molecule has 0 radical (unpaired) electrons. The molecule has 6 heteroatoms. The van der Waals surface area contributed by atoms with Crippen LogP contribution in [0, 0.1) is 0 Å². The van der Waals surface area contributed by atoms with Gasteiger partial charge in [0.15, 0.2) is 0 Å². The van der Waals surface area contributed by atoms with Gasteiger partial charge in [-0.05, 0) is 32.4 Å². The molecule has 5 nitrogen and oxygen atoms in total. The molecular weight excluding hydrogens is 274 g/mol. The Morgan fingerprint density at radius 2 is 2.00 bits per heavy atom. The summed E-state index contributed by atoms with van der Waals surface area (Å²) in [5.74, 6) is 0.277. The molecule has 0 aromatic heterocycles. The first-order valence-corrected chi connectivity index (χ1v) is 9.55. The summed E-state index contributed by atoms with van der Waals surface area (Å²) in [7, 11) is -3.07. The van der Waals surface area contributed by atoms with Crippen LogP contribution < -0.4 is 5.32 Å². The summed E-state index contributed by atoms with van der Waals surface area (Å²) < 4.78 is 26.5. The van der Waals surface area contributed by atoms with Crippen molar-refractivity contribution in [2.45, 2.75) is 51.6 Å². The van der Waals surface area contributed by atoms with Crippen molar-refractivity contribution in [2.24, 2.45) is 0 Å².